The number of amides is 1. The molecular weight excluding hydrogens is 560 g/mol. The van der Waals surface area contributed by atoms with Gasteiger partial charge >= 0.3 is 0 Å². The van der Waals surface area contributed by atoms with Crippen LogP contribution in [0.5, 0.6) is 5.75 Å². The van der Waals surface area contributed by atoms with Crippen molar-refractivity contribution in [3.05, 3.63) is 65.1 Å². The molecule has 0 radical (unpaired) electrons. The Morgan fingerprint density at radius 1 is 0.977 bits per heavy atom. The van der Waals surface area contributed by atoms with Crippen LogP contribution in [0.2, 0.25) is 0 Å². The maximum Gasteiger partial charge on any atom is 0.278 e. The van der Waals surface area contributed by atoms with E-state index in [1.54, 1.807) is 20.5 Å². The number of aromatic nitrogens is 6. The first-order valence-electron chi connectivity index (χ1n) is 14.9. The molecule has 8 rings (SSSR count). The summed E-state index contributed by atoms with van der Waals surface area (Å²) in [6.07, 6.45) is 7.21. The van der Waals surface area contributed by atoms with Crippen LogP contribution in [0.4, 0.5) is 23.1 Å². The van der Waals surface area contributed by atoms with Crippen molar-refractivity contribution in [2.75, 3.05) is 61.5 Å². The molecule has 3 aliphatic heterocycles. The average Bonchev–Trinajstić information content (AvgIpc) is 3.57. The maximum atomic E-state index is 13.6. The number of benzene rings is 2. The Hall–Kier alpha value is -5.17. The standard InChI is InChI=1S/C31H32N10O3/c1-37-12-14-38(15-13-37)29-22-8-6-20(16-24(22)35-36-29)33-31-32-18-23-28(34-31)41-21-7-9-26-25(17-21)39(27(42)19-44-26)10-4-2-3-5-11-40(41)30(23)43/h3,5-9,16-18H,2,4,10-15,19H2,1H3,(H,35,36)(H,32,33,34). The highest BCUT2D eigenvalue weighted by atomic mass is 16.5. The number of H-pyrrole nitrogens is 1. The Bertz CT molecular complexity index is 2000. The fraction of sp³-hybridized carbons (Fsp3) is 0.323. The van der Waals surface area contributed by atoms with E-state index < -0.39 is 0 Å². The predicted octanol–water partition coefficient (Wildman–Crippen LogP) is 3.03. The lowest BCUT2D eigenvalue weighted by Gasteiger charge is -2.32. The van der Waals surface area contributed by atoms with Crippen LogP contribution in [-0.4, -0.2) is 86.7 Å². The molecule has 5 aromatic rings. The topological polar surface area (TPSA) is 129 Å². The van der Waals surface area contributed by atoms with Crippen molar-refractivity contribution in [3.8, 4) is 11.4 Å². The molecule has 0 saturated carbocycles. The van der Waals surface area contributed by atoms with Gasteiger partial charge in [0.15, 0.2) is 18.1 Å². The predicted molar refractivity (Wildman–Crippen MR) is 168 cm³/mol. The molecule has 0 atom stereocenters. The molecule has 1 amide bonds. The summed E-state index contributed by atoms with van der Waals surface area (Å²) in [5.41, 5.74) is 3.38. The Balaban J connectivity index is 1.18. The van der Waals surface area contributed by atoms with E-state index in [-0.39, 0.29) is 18.1 Å². The summed E-state index contributed by atoms with van der Waals surface area (Å²) in [6.45, 7) is 4.87. The lowest BCUT2D eigenvalue weighted by Crippen LogP contribution is -2.44. The lowest BCUT2D eigenvalue weighted by atomic mass is 10.1. The van der Waals surface area contributed by atoms with Crippen molar-refractivity contribution in [3.63, 3.8) is 0 Å². The van der Waals surface area contributed by atoms with Gasteiger partial charge < -0.3 is 24.8 Å². The summed E-state index contributed by atoms with van der Waals surface area (Å²) in [5.74, 6) is 1.89. The van der Waals surface area contributed by atoms with Gasteiger partial charge in [0.1, 0.15) is 11.1 Å². The Labute approximate surface area is 252 Å². The van der Waals surface area contributed by atoms with Gasteiger partial charge in [-0.2, -0.15) is 10.1 Å². The van der Waals surface area contributed by atoms with E-state index in [1.807, 2.05) is 36.4 Å². The van der Waals surface area contributed by atoms with Gasteiger partial charge in [0.25, 0.3) is 11.5 Å². The third kappa shape index (κ3) is 4.47. The molecule has 3 aromatic heterocycles. The summed E-state index contributed by atoms with van der Waals surface area (Å²) in [5, 5.41) is 12.6. The molecule has 13 nitrogen and oxygen atoms in total. The third-order valence-electron chi connectivity index (χ3n) is 8.60. The molecule has 0 spiro atoms. The number of anilines is 4. The number of hydrogen-bond donors (Lipinski definition) is 2. The van der Waals surface area contributed by atoms with E-state index in [4.69, 9.17) is 9.72 Å². The number of likely N-dealkylation sites (N-methyl/N-ethyl adjacent to an activating group) is 1. The van der Waals surface area contributed by atoms with Crippen LogP contribution < -0.4 is 25.4 Å². The molecule has 3 aliphatic rings. The number of hydrogen-bond acceptors (Lipinski definition) is 9. The van der Waals surface area contributed by atoms with Gasteiger partial charge in [0.05, 0.1) is 23.4 Å². The first-order valence-corrected chi connectivity index (χ1v) is 14.9. The van der Waals surface area contributed by atoms with E-state index >= 15 is 0 Å². The Kier molecular flexibility index (Phi) is 6.33. The van der Waals surface area contributed by atoms with Crippen LogP contribution in [0.15, 0.2) is 59.5 Å². The molecule has 1 fully saturated rings. The third-order valence-corrected chi connectivity index (χ3v) is 8.60. The summed E-state index contributed by atoms with van der Waals surface area (Å²) in [7, 11) is 2.14. The van der Waals surface area contributed by atoms with Crippen LogP contribution in [-0.2, 0) is 11.3 Å². The molecule has 2 N–H and O–H groups in total. The number of nitrogens with zero attached hydrogens (tertiary/aromatic N) is 8. The smallest absolute Gasteiger partial charge is 0.278 e. The summed E-state index contributed by atoms with van der Waals surface area (Å²) in [6, 6.07) is 11.7. The van der Waals surface area contributed by atoms with Crippen molar-refractivity contribution in [1.82, 2.24) is 34.4 Å². The molecule has 0 aliphatic carbocycles. The van der Waals surface area contributed by atoms with Gasteiger partial charge in [-0.25, -0.2) is 14.3 Å². The van der Waals surface area contributed by atoms with Crippen molar-refractivity contribution in [1.29, 1.82) is 0 Å². The lowest BCUT2D eigenvalue weighted by molar-refractivity contribution is -0.121. The SMILES string of the molecule is CN1CCN(c2n[nH]c3cc(Nc4ncc5c(=O)n6n(c5n4)-c4ccc5c(c4)N(CCCC=CC6)C(=O)CO5)ccc23)CC1. The summed E-state index contributed by atoms with van der Waals surface area (Å²) < 4.78 is 9.17. The second-order valence-electron chi connectivity index (χ2n) is 11.5. The second-order valence-corrected chi connectivity index (χ2v) is 11.5. The van der Waals surface area contributed by atoms with Gasteiger partial charge in [-0.1, -0.05) is 12.2 Å². The highest BCUT2D eigenvalue weighted by molar-refractivity contribution is 5.98. The quantitative estimate of drug-likeness (QED) is 0.304. The fourth-order valence-electron chi connectivity index (χ4n) is 6.21. The van der Waals surface area contributed by atoms with Crippen LogP contribution in [0.1, 0.15) is 12.8 Å². The summed E-state index contributed by atoms with van der Waals surface area (Å²) in [4.78, 5) is 42.1. The fourth-order valence-corrected chi connectivity index (χ4v) is 6.21. The van der Waals surface area contributed by atoms with Gasteiger partial charge in [0, 0.05) is 50.0 Å². The highest BCUT2D eigenvalue weighted by Crippen LogP contribution is 2.35. The second kappa shape index (κ2) is 10.5. The number of ether oxygens (including phenoxy) is 1. The van der Waals surface area contributed by atoms with E-state index in [1.165, 1.54) is 0 Å². The zero-order chi connectivity index (χ0) is 29.8. The molecule has 224 valence electrons. The molecule has 13 heteroatoms. The molecule has 44 heavy (non-hydrogen) atoms. The van der Waals surface area contributed by atoms with Crippen LogP contribution in [0.25, 0.3) is 27.6 Å². The van der Waals surface area contributed by atoms with E-state index in [0.29, 0.717) is 47.2 Å². The largest absolute Gasteiger partial charge is 0.482 e. The molecular formula is C31H32N10O3. The van der Waals surface area contributed by atoms with Crippen LogP contribution in [0, 0.1) is 0 Å². The molecule has 0 unspecified atom stereocenters. The van der Waals surface area contributed by atoms with Crippen LogP contribution >= 0.6 is 0 Å². The maximum absolute atomic E-state index is 13.6. The number of piperazine rings is 1. The minimum absolute atomic E-state index is 0.0170. The molecule has 2 aromatic carbocycles. The van der Waals surface area contributed by atoms with E-state index in [9.17, 15) is 9.59 Å². The zero-order valence-electron chi connectivity index (χ0n) is 24.4. The number of allylic oxidation sites excluding steroid dienone is 2. The number of carbonyl (C=O) groups excluding carboxylic acids is 1. The Morgan fingerprint density at radius 2 is 1.86 bits per heavy atom. The van der Waals surface area contributed by atoms with Crippen molar-refractivity contribution in [2.24, 2.45) is 0 Å². The highest BCUT2D eigenvalue weighted by Gasteiger charge is 2.27. The van der Waals surface area contributed by atoms with Gasteiger partial charge in [0.2, 0.25) is 5.95 Å². The van der Waals surface area contributed by atoms with Gasteiger partial charge in [-0.05, 0) is 56.3 Å². The van der Waals surface area contributed by atoms with E-state index in [2.05, 4.69) is 49.5 Å². The first-order chi connectivity index (χ1) is 21.5. The summed E-state index contributed by atoms with van der Waals surface area (Å²) >= 11 is 0. The number of fused-ring (bicyclic) bond motifs is 6. The van der Waals surface area contributed by atoms with Crippen molar-refractivity contribution in [2.45, 2.75) is 19.4 Å². The molecule has 6 heterocycles. The number of rotatable bonds is 3. The minimum Gasteiger partial charge on any atom is -0.482 e. The molecule has 2 bridgehead atoms. The minimum atomic E-state index is -0.189. The van der Waals surface area contributed by atoms with Crippen molar-refractivity contribution >= 4 is 51.0 Å². The number of nitrogens with one attached hydrogen (secondary N) is 2. The number of aromatic amines is 1. The Morgan fingerprint density at radius 3 is 2.75 bits per heavy atom. The van der Waals surface area contributed by atoms with Crippen LogP contribution in [0.3, 0.4) is 0 Å². The van der Waals surface area contributed by atoms with E-state index in [0.717, 1.165) is 61.4 Å². The monoisotopic (exact) mass is 592 g/mol. The van der Waals surface area contributed by atoms with Gasteiger partial charge in [-0.3, -0.25) is 14.7 Å². The van der Waals surface area contributed by atoms with Crippen molar-refractivity contribution < 1.29 is 9.53 Å². The average molecular weight is 593 g/mol. The zero-order valence-corrected chi connectivity index (χ0v) is 24.4. The normalized spacial score (nSPS) is 17.3. The molecule has 1 saturated heterocycles. The first kappa shape index (κ1) is 26.5. The van der Waals surface area contributed by atoms with Gasteiger partial charge in [-0.15, -0.1) is 0 Å². The number of carbonyl (C=O) groups is 1.